The van der Waals surface area contributed by atoms with Crippen molar-refractivity contribution in [2.75, 3.05) is 67.4 Å². The van der Waals surface area contributed by atoms with E-state index in [0.29, 0.717) is 80.1 Å². The lowest BCUT2D eigenvalue weighted by atomic mass is 10.2. The first-order valence-electron chi connectivity index (χ1n) is 13.3. The van der Waals surface area contributed by atoms with Crippen LogP contribution in [-0.2, 0) is 16.0 Å². The number of aryl methyl sites for hydroxylation is 1. The van der Waals surface area contributed by atoms with Crippen molar-refractivity contribution in [3.8, 4) is 11.4 Å². The van der Waals surface area contributed by atoms with Gasteiger partial charge >= 0.3 is 12.1 Å². The van der Waals surface area contributed by atoms with Crippen molar-refractivity contribution in [2.24, 2.45) is 0 Å². The van der Waals surface area contributed by atoms with E-state index in [1.165, 1.54) is 0 Å². The predicted octanol–water partition coefficient (Wildman–Crippen LogP) is 3.16. The second-order valence-electron chi connectivity index (χ2n) is 9.16. The molecule has 0 aliphatic carbocycles. The number of methoxy groups -OCH3 is 1. The Balaban J connectivity index is 1.23. The summed E-state index contributed by atoms with van der Waals surface area (Å²) in [6, 6.07) is 13.4. The monoisotopic (exact) mass is 560 g/mol. The van der Waals surface area contributed by atoms with E-state index in [9.17, 15) is 9.59 Å². The molecule has 2 aromatic carbocycles. The van der Waals surface area contributed by atoms with Gasteiger partial charge in [-0.25, -0.2) is 24.2 Å². The average molecular weight is 561 g/mol. The van der Waals surface area contributed by atoms with E-state index in [0.717, 1.165) is 11.4 Å². The van der Waals surface area contributed by atoms with Gasteiger partial charge in [0, 0.05) is 55.9 Å². The highest BCUT2D eigenvalue weighted by Gasteiger charge is 2.21. The van der Waals surface area contributed by atoms with Crippen LogP contribution in [0, 0.1) is 0 Å². The van der Waals surface area contributed by atoms with Gasteiger partial charge in [0.25, 0.3) is 0 Å². The van der Waals surface area contributed by atoms with Gasteiger partial charge < -0.3 is 35.6 Å². The number of carbonyl (C=O) groups excluding carboxylic acids is 2. The lowest BCUT2D eigenvalue weighted by Gasteiger charge is -2.27. The third-order valence-corrected chi connectivity index (χ3v) is 6.35. The molecular weight excluding hydrogens is 528 g/mol. The van der Waals surface area contributed by atoms with Crippen molar-refractivity contribution in [1.82, 2.24) is 30.3 Å². The Morgan fingerprint density at radius 1 is 0.902 bits per heavy atom. The van der Waals surface area contributed by atoms with Crippen LogP contribution >= 0.6 is 0 Å². The molecule has 41 heavy (non-hydrogen) atoms. The van der Waals surface area contributed by atoms with Crippen molar-refractivity contribution < 1.29 is 19.1 Å². The number of benzene rings is 2. The zero-order chi connectivity index (χ0) is 28.6. The van der Waals surface area contributed by atoms with Gasteiger partial charge in [-0.1, -0.05) is 5.21 Å². The minimum absolute atomic E-state index is 0.334. The van der Waals surface area contributed by atoms with Gasteiger partial charge in [-0.15, -0.1) is 5.10 Å². The summed E-state index contributed by atoms with van der Waals surface area (Å²) in [6.07, 6.45) is 0. The summed E-state index contributed by atoms with van der Waals surface area (Å²) in [5.74, 6) is 1.29. The molecule has 1 aliphatic heterocycles. The van der Waals surface area contributed by atoms with Crippen LogP contribution < -0.4 is 26.2 Å². The van der Waals surface area contributed by atoms with Crippen LogP contribution in [0.1, 0.15) is 6.92 Å². The number of anilines is 4. The Kier molecular flexibility index (Phi) is 8.81. The molecule has 0 radical (unpaired) electrons. The van der Waals surface area contributed by atoms with Crippen LogP contribution in [0.5, 0.6) is 0 Å². The molecule has 2 aromatic heterocycles. The summed E-state index contributed by atoms with van der Waals surface area (Å²) in [4.78, 5) is 36.2. The average Bonchev–Trinajstić information content (AvgIpc) is 3.42. The summed E-state index contributed by atoms with van der Waals surface area (Å²) < 4.78 is 12.2. The van der Waals surface area contributed by atoms with E-state index in [4.69, 9.17) is 19.4 Å². The highest BCUT2D eigenvalue weighted by Crippen LogP contribution is 2.27. The molecule has 1 fully saturated rings. The minimum atomic E-state index is -0.402. The van der Waals surface area contributed by atoms with Gasteiger partial charge in [0.15, 0.2) is 22.8 Å². The van der Waals surface area contributed by atoms with Crippen LogP contribution in [0.15, 0.2) is 48.5 Å². The number of nitrogens with zero attached hydrogens (tertiary/aromatic N) is 6. The Morgan fingerprint density at radius 3 is 2.12 bits per heavy atom. The van der Waals surface area contributed by atoms with E-state index < -0.39 is 6.03 Å². The molecule has 14 heteroatoms. The molecule has 0 saturated carbocycles. The molecule has 1 aliphatic rings. The Bertz CT molecular complexity index is 1480. The van der Waals surface area contributed by atoms with Crippen LogP contribution in [-0.4, -0.2) is 83.6 Å². The SMILES string of the molecule is CCn1nnc2c(N3CCOCC3)nc(-c3ccc(NC(=O)Nc4ccc(NC(=O)NCCOC)cc4)cc3)nc21. The van der Waals surface area contributed by atoms with Gasteiger partial charge in [0.05, 0.1) is 19.8 Å². The topological polar surface area (TPSA) is 160 Å². The number of ether oxygens (including phenoxy) is 2. The standard InChI is InChI=1S/C27H32N10O4/c1-3-37-25-22(34-35-37)24(36-13-16-41-17-14-36)32-23(33-25)18-4-6-19(7-5-18)30-27(39)31-21-10-8-20(9-11-21)29-26(38)28-12-15-40-2/h4-11H,3,12-17H2,1-2H3,(H2,28,29,38)(H2,30,31,39). The van der Waals surface area contributed by atoms with Gasteiger partial charge in [-0.2, -0.15) is 0 Å². The van der Waals surface area contributed by atoms with E-state index >= 15 is 0 Å². The normalized spacial score (nSPS) is 13.2. The zero-order valence-corrected chi connectivity index (χ0v) is 22.9. The summed E-state index contributed by atoms with van der Waals surface area (Å²) in [5.41, 5.74) is 3.91. The van der Waals surface area contributed by atoms with E-state index in [-0.39, 0.29) is 6.03 Å². The fraction of sp³-hybridized carbons (Fsp3) is 0.333. The second-order valence-corrected chi connectivity index (χ2v) is 9.16. The van der Waals surface area contributed by atoms with Crippen molar-refractivity contribution in [1.29, 1.82) is 0 Å². The summed E-state index contributed by atoms with van der Waals surface area (Å²) in [7, 11) is 1.57. The molecule has 3 heterocycles. The number of fused-ring (bicyclic) bond motifs is 1. The smallest absolute Gasteiger partial charge is 0.323 e. The molecule has 0 bridgehead atoms. The van der Waals surface area contributed by atoms with E-state index in [1.54, 1.807) is 48.2 Å². The highest BCUT2D eigenvalue weighted by molar-refractivity contribution is 6.00. The molecule has 0 spiro atoms. The molecule has 4 amide bonds. The number of rotatable bonds is 9. The number of aromatic nitrogens is 5. The molecular formula is C27H32N10O4. The number of hydrogen-bond acceptors (Lipinski definition) is 9. The van der Waals surface area contributed by atoms with Crippen molar-refractivity contribution >= 4 is 46.1 Å². The zero-order valence-electron chi connectivity index (χ0n) is 22.9. The van der Waals surface area contributed by atoms with Crippen molar-refractivity contribution in [2.45, 2.75) is 13.5 Å². The molecule has 5 rings (SSSR count). The molecule has 14 nitrogen and oxygen atoms in total. The molecule has 4 N–H and O–H groups in total. The third kappa shape index (κ3) is 6.85. The van der Waals surface area contributed by atoms with Crippen molar-refractivity contribution in [3.05, 3.63) is 48.5 Å². The van der Waals surface area contributed by atoms with E-state index in [1.807, 2.05) is 19.1 Å². The summed E-state index contributed by atoms with van der Waals surface area (Å²) >= 11 is 0. The van der Waals surface area contributed by atoms with Crippen molar-refractivity contribution in [3.63, 3.8) is 0 Å². The number of carbonyl (C=O) groups is 2. The maximum Gasteiger partial charge on any atom is 0.323 e. The number of amides is 4. The van der Waals surface area contributed by atoms with E-state index in [2.05, 4.69) is 36.5 Å². The largest absolute Gasteiger partial charge is 0.383 e. The van der Waals surface area contributed by atoms with Crippen LogP contribution in [0.4, 0.5) is 32.5 Å². The number of hydrogen-bond donors (Lipinski definition) is 4. The lowest BCUT2D eigenvalue weighted by Crippen LogP contribution is -2.37. The summed E-state index contributed by atoms with van der Waals surface area (Å²) in [5, 5.41) is 19.6. The maximum absolute atomic E-state index is 12.6. The Hall–Kier alpha value is -4.82. The van der Waals surface area contributed by atoms with Crippen LogP contribution in [0.3, 0.4) is 0 Å². The molecule has 214 valence electrons. The second kappa shape index (κ2) is 13.0. The lowest BCUT2D eigenvalue weighted by molar-refractivity contribution is 0.122. The minimum Gasteiger partial charge on any atom is -0.383 e. The number of morpholine rings is 1. The Labute approximate surface area is 236 Å². The molecule has 4 aromatic rings. The molecule has 0 atom stereocenters. The first-order chi connectivity index (χ1) is 20.0. The highest BCUT2D eigenvalue weighted by atomic mass is 16.5. The van der Waals surface area contributed by atoms with Gasteiger partial charge in [0.2, 0.25) is 0 Å². The summed E-state index contributed by atoms with van der Waals surface area (Å²) in [6.45, 7) is 6.14. The predicted molar refractivity (Wildman–Crippen MR) is 155 cm³/mol. The van der Waals surface area contributed by atoms with Crippen LogP contribution in [0.2, 0.25) is 0 Å². The maximum atomic E-state index is 12.6. The molecule has 1 saturated heterocycles. The van der Waals surface area contributed by atoms with Crippen LogP contribution in [0.25, 0.3) is 22.6 Å². The quantitative estimate of drug-likeness (QED) is 0.225. The first-order valence-corrected chi connectivity index (χ1v) is 13.3. The van der Waals surface area contributed by atoms with Gasteiger partial charge in [-0.05, 0) is 55.5 Å². The third-order valence-electron chi connectivity index (χ3n) is 6.35. The first kappa shape index (κ1) is 27.7. The number of urea groups is 2. The fourth-order valence-corrected chi connectivity index (χ4v) is 4.25. The van der Waals surface area contributed by atoms with Gasteiger partial charge in [0.1, 0.15) is 0 Å². The Morgan fingerprint density at radius 2 is 1.51 bits per heavy atom. The molecule has 0 unspecified atom stereocenters. The van der Waals surface area contributed by atoms with Gasteiger partial charge in [-0.3, -0.25) is 0 Å². The number of nitrogens with one attached hydrogen (secondary N) is 4. The fourth-order valence-electron chi connectivity index (χ4n) is 4.25.